The monoisotopic (exact) mass is 363 g/mol. The minimum atomic E-state index is -2.42. The predicted molar refractivity (Wildman–Crippen MR) is 85.2 cm³/mol. The number of rotatable bonds is 3. The Labute approximate surface area is 142 Å². The van der Waals surface area contributed by atoms with Crippen molar-refractivity contribution in [1.82, 2.24) is 0 Å². The second-order valence-electron chi connectivity index (χ2n) is 3.93. The molecule has 0 unspecified atom stereocenters. The van der Waals surface area contributed by atoms with E-state index in [9.17, 15) is 0 Å². The molecule has 0 aliphatic rings. The van der Waals surface area contributed by atoms with Crippen LogP contribution in [0.4, 0.5) is 0 Å². The highest BCUT2D eigenvalue weighted by Gasteiger charge is 2.10. The van der Waals surface area contributed by atoms with Gasteiger partial charge in [-0.3, -0.25) is 0 Å². The van der Waals surface area contributed by atoms with Crippen LogP contribution in [0.3, 0.4) is 0 Å². The molecule has 17 heteroatoms. The zero-order valence-corrected chi connectivity index (χ0v) is 14.2. The lowest BCUT2D eigenvalue weighted by Gasteiger charge is -2.30. The molecule has 24 heavy (non-hydrogen) atoms. The summed E-state index contributed by atoms with van der Waals surface area (Å²) in [5, 5.41) is 87.2. The third-order valence-corrected chi connectivity index (χ3v) is 2.29. The van der Waals surface area contributed by atoms with E-state index < -0.39 is 29.3 Å². The van der Waals surface area contributed by atoms with E-state index in [1.54, 1.807) is 0 Å². The molecule has 0 atom stereocenters. The van der Waals surface area contributed by atoms with Crippen molar-refractivity contribution in [2.45, 2.75) is 20.8 Å². The minimum absolute atomic E-state index is 1.21. The normalized spacial score (nSPS) is 8.50. The van der Waals surface area contributed by atoms with E-state index in [-0.39, 0.29) is 0 Å². The van der Waals surface area contributed by atoms with Crippen LogP contribution < -0.4 is 5.02 Å². The first-order valence-electron chi connectivity index (χ1n) is 6.59. The summed E-state index contributed by atoms with van der Waals surface area (Å²) in [6.07, 6.45) is 0. The van der Waals surface area contributed by atoms with E-state index in [1.807, 2.05) is 0 Å². The van der Waals surface area contributed by atoms with Crippen molar-refractivity contribution in [3.05, 3.63) is 0 Å². The average Bonchev–Trinajstić information content (AvgIpc) is 2.35. The Morgan fingerprint density at radius 3 is 0.667 bits per heavy atom. The number of nitrogens with zero attached hydrogens (tertiary/aromatic N) is 1. The molecule has 0 saturated heterocycles. The van der Waals surface area contributed by atoms with Crippen molar-refractivity contribution >= 4 is 29.3 Å². The predicted octanol–water partition coefficient (Wildman–Crippen LogP) is -7.35. The summed E-state index contributed by atoms with van der Waals surface area (Å²) in [7, 11) is -6.63. The van der Waals surface area contributed by atoms with Crippen LogP contribution in [0, 0.1) is 0 Å². The zero-order chi connectivity index (χ0) is 20.9. The fraction of sp³-hybridized carbons (Fsp3) is 1.00. The molecule has 0 aromatic carbocycles. The number of hydrogen-bond donors (Lipinski definition) is 11. The molecule has 0 amide bonds. The van der Waals surface area contributed by atoms with Crippen molar-refractivity contribution in [2.75, 3.05) is 26.7 Å². The van der Waals surface area contributed by atoms with E-state index in [4.69, 9.17) is 60.3 Å². The van der Waals surface area contributed by atoms with Crippen LogP contribution in [0.15, 0.2) is 0 Å². The fourth-order valence-corrected chi connectivity index (χ4v) is 0.671. The molecule has 0 radical (unpaired) electrons. The van der Waals surface area contributed by atoms with E-state index in [0.717, 1.165) is 0 Å². The maximum Gasteiger partial charge on any atom is 0.631 e. The lowest BCUT2D eigenvalue weighted by molar-refractivity contribution is -0.904. The Bertz CT molecular complexity index is 167. The van der Waals surface area contributed by atoms with Gasteiger partial charge in [0.2, 0.25) is 0 Å². The molecule has 0 aromatic heterocycles. The minimum Gasteiger partial charge on any atom is -0.832 e. The van der Waals surface area contributed by atoms with Crippen LogP contribution >= 0.6 is 0 Å². The van der Waals surface area contributed by atoms with Gasteiger partial charge in [0.05, 0.1) is 26.7 Å². The average molecular weight is 363 g/mol. The van der Waals surface area contributed by atoms with Crippen LogP contribution in [-0.2, 0) is 0 Å². The molecule has 0 aliphatic carbocycles. The largest absolute Gasteiger partial charge is 0.832 e. The third-order valence-electron chi connectivity index (χ3n) is 2.29. The van der Waals surface area contributed by atoms with Crippen LogP contribution in [-0.4, -0.2) is 116 Å². The molecule has 11 N–H and O–H groups in total. The Hall–Kier alpha value is -0.260. The molecule has 0 bridgehead atoms. The fourth-order valence-electron chi connectivity index (χ4n) is 0.671. The topological polar surface area (TPSA) is 246 Å². The van der Waals surface area contributed by atoms with E-state index in [1.165, 1.54) is 24.1 Å². The SMILES string of the molecule is CC[N+](C)(CC)CC.OB(O)O.OB(O)O.OB(O)O.[O-]B(O)O. The van der Waals surface area contributed by atoms with Crippen molar-refractivity contribution in [1.29, 1.82) is 0 Å². The molecule has 0 aromatic rings. The molecule has 13 nitrogen and oxygen atoms in total. The van der Waals surface area contributed by atoms with Gasteiger partial charge in [0.15, 0.2) is 0 Å². The van der Waals surface area contributed by atoms with Crippen molar-refractivity contribution in [2.24, 2.45) is 0 Å². The Morgan fingerprint density at radius 1 is 0.583 bits per heavy atom. The van der Waals surface area contributed by atoms with E-state index >= 15 is 0 Å². The van der Waals surface area contributed by atoms with Gasteiger partial charge in [-0.05, 0) is 20.8 Å². The zero-order valence-electron chi connectivity index (χ0n) is 14.2. The summed E-state index contributed by atoms with van der Waals surface area (Å²) in [4.78, 5) is 0. The van der Waals surface area contributed by atoms with Crippen molar-refractivity contribution < 1.29 is 64.8 Å². The molecule has 0 aliphatic heterocycles. The number of quaternary nitrogens is 1. The van der Waals surface area contributed by atoms with Crippen LogP contribution in [0.1, 0.15) is 20.8 Å². The summed E-state index contributed by atoms with van der Waals surface area (Å²) in [6.45, 7) is 10.5. The molecule has 0 saturated carbocycles. The smallest absolute Gasteiger partial charge is 0.631 e. The van der Waals surface area contributed by atoms with Crippen LogP contribution in [0.25, 0.3) is 0 Å². The van der Waals surface area contributed by atoms with Gasteiger partial charge in [0.1, 0.15) is 0 Å². The Kier molecular flexibility index (Phi) is 36.4. The summed E-state index contributed by atoms with van der Waals surface area (Å²) in [5.74, 6) is 0. The van der Waals surface area contributed by atoms with Gasteiger partial charge in [-0.25, -0.2) is 0 Å². The summed E-state index contributed by atoms with van der Waals surface area (Å²) < 4.78 is 1.21. The molecular formula is C7H29B4NO12. The lowest BCUT2D eigenvalue weighted by Crippen LogP contribution is -2.42. The number of hydrogen-bond acceptors (Lipinski definition) is 12. The maximum atomic E-state index is 8.64. The van der Waals surface area contributed by atoms with E-state index in [0.29, 0.717) is 0 Å². The van der Waals surface area contributed by atoms with Gasteiger partial charge in [-0.1, -0.05) is 0 Å². The lowest BCUT2D eigenvalue weighted by atomic mass is 10.3. The van der Waals surface area contributed by atoms with Gasteiger partial charge in [0, 0.05) is 0 Å². The second-order valence-corrected chi connectivity index (χ2v) is 3.93. The van der Waals surface area contributed by atoms with Crippen LogP contribution in [0.2, 0.25) is 0 Å². The quantitative estimate of drug-likeness (QED) is 0.165. The highest BCUT2D eigenvalue weighted by molar-refractivity contribution is 6.31. The first-order chi connectivity index (χ1) is 10.6. The van der Waals surface area contributed by atoms with Gasteiger partial charge in [-0.15, -0.1) is 0 Å². The van der Waals surface area contributed by atoms with Gasteiger partial charge in [-0.2, -0.15) is 0 Å². The van der Waals surface area contributed by atoms with Gasteiger partial charge < -0.3 is 64.8 Å². The summed E-state index contributed by atoms with van der Waals surface area (Å²) in [6, 6.07) is 0. The van der Waals surface area contributed by atoms with Crippen LogP contribution in [0.5, 0.6) is 0 Å². The standard InChI is InChI=1S/C7H18N.3BH3O3.BH2O3/c1-5-8(4,6-2)7-3;4*2-1(3)4/h5-7H2,1-4H3;3*2-4H;2-3H/q+1;;;;-1. The second kappa shape index (κ2) is 25.0. The highest BCUT2D eigenvalue weighted by Crippen LogP contribution is 1.97. The maximum absolute atomic E-state index is 8.64. The molecule has 0 heterocycles. The van der Waals surface area contributed by atoms with Gasteiger partial charge in [0.25, 0.3) is 0 Å². The van der Waals surface area contributed by atoms with Gasteiger partial charge >= 0.3 is 29.3 Å². The molecule has 0 spiro atoms. The Morgan fingerprint density at radius 2 is 0.667 bits per heavy atom. The van der Waals surface area contributed by atoms with Crippen molar-refractivity contribution in [3.63, 3.8) is 0 Å². The Balaban J connectivity index is -0.0000000657. The van der Waals surface area contributed by atoms with Crippen molar-refractivity contribution in [3.8, 4) is 0 Å². The molecule has 146 valence electrons. The highest BCUT2D eigenvalue weighted by atomic mass is 16.5. The first kappa shape index (κ1) is 35.0. The molecular weight excluding hydrogens is 333 g/mol. The third kappa shape index (κ3) is 122. The first-order valence-corrected chi connectivity index (χ1v) is 6.59. The molecule has 0 fully saturated rings. The van der Waals surface area contributed by atoms with E-state index in [2.05, 4.69) is 27.8 Å². The summed E-state index contributed by atoms with van der Waals surface area (Å²) >= 11 is 0. The molecule has 0 rings (SSSR count). The summed E-state index contributed by atoms with van der Waals surface area (Å²) in [5.41, 5.74) is 0.